The molecule has 0 bridgehead atoms. The third kappa shape index (κ3) is 3.41. The Morgan fingerprint density at radius 3 is 2.78 bits per heavy atom. The van der Waals surface area contributed by atoms with Crippen molar-refractivity contribution >= 4 is 22.9 Å². The SMILES string of the molecule is Cc1nc(N2CC3C(C2)C3(F)F)ncc1Cn1cc(C(=O)N[C@@H]2CCc3c2ncn3C)c2cncnc21. The molecule has 0 spiro atoms. The monoisotopic (exact) mass is 505 g/mol. The first-order chi connectivity index (χ1) is 17.8. The van der Waals surface area contributed by atoms with E-state index in [4.69, 9.17) is 0 Å². The fraction of sp³-hybridized carbons (Fsp3) is 0.440. The predicted octanol–water partition coefficient (Wildman–Crippen LogP) is 2.43. The molecule has 1 N–H and O–H groups in total. The molecule has 12 heteroatoms. The molecule has 0 radical (unpaired) electrons. The van der Waals surface area contributed by atoms with Crippen molar-refractivity contribution in [2.24, 2.45) is 18.9 Å². The Labute approximate surface area is 210 Å². The molecule has 4 aromatic heterocycles. The number of amides is 1. The van der Waals surface area contributed by atoms with Gasteiger partial charge in [-0.15, -0.1) is 0 Å². The molecule has 1 saturated heterocycles. The Morgan fingerprint density at radius 2 is 2.00 bits per heavy atom. The van der Waals surface area contributed by atoms with E-state index in [0.29, 0.717) is 29.1 Å². The van der Waals surface area contributed by atoms with Gasteiger partial charge in [-0.05, 0) is 19.8 Å². The molecule has 37 heavy (non-hydrogen) atoms. The van der Waals surface area contributed by atoms with E-state index in [-0.39, 0.29) is 25.0 Å². The maximum Gasteiger partial charge on any atom is 0.258 e. The van der Waals surface area contributed by atoms with E-state index in [9.17, 15) is 13.6 Å². The van der Waals surface area contributed by atoms with Gasteiger partial charge in [0.15, 0.2) is 0 Å². The number of imidazole rings is 1. The number of hydrogen-bond donors (Lipinski definition) is 1. The molecule has 3 atom stereocenters. The van der Waals surface area contributed by atoms with Crippen LogP contribution in [0.15, 0.2) is 31.2 Å². The second kappa shape index (κ2) is 7.77. The van der Waals surface area contributed by atoms with Crippen LogP contribution in [-0.2, 0) is 20.0 Å². The molecule has 4 aromatic rings. The first kappa shape index (κ1) is 22.3. The van der Waals surface area contributed by atoms with Crippen LogP contribution < -0.4 is 10.2 Å². The minimum absolute atomic E-state index is 0.133. The van der Waals surface area contributed by atoms with E-state index in [1.165, 1.54) is 6.33 Å². The number of alkyl halides is 2. The Hall–Kier alpha value is -3.96. The van der Waals surface area contributed by atoms with Gasteiger partial charge in [-0.25, -0.2) is 33.7 Å². The highest BCUT2D eigenvalue weighted by atomic mass is 19.3. The number of rotatable bonds is 5. The van der Waals surface area contributed by atoms with Crippen LogP contribution in [0, 0.1) is 18.8 Å². The summed E-state index contributed by atoms with van der Waals surface area (Å²) in [5, 5.41) is 3.79. The number of carbonyl (C=O) groups is 1. The average molecular weight is 506 g/mol. The lowest BCUT2D eigenvalue weighted by Crippen LogP contribution is -2.29. The van der Waals surface area contributed by atoms with Gasteiger partial charge in [-0.1, -0.05) is 0 Å². The lowest BCUT2D eigenvalue weighted by Gasteiger charge is -2.20. The molecule has 1 amide bonds. The van der Waals surface area contributed by atoms with Gasteiger partial charge in [-0.2, -0.15) is 0 Å². The number of aromatic nitrogens is 7. The predicted molar refractivity (Wildman–Crippen MR) is 129 cm³/mol. The van der Waals surface area contributed by atoms with Crippen molar-refractivity contribution < 1.29 is 13.6 Å². The van der Waals surface area contributed by atoms with Gasteiger partial charge in [0.25, 0.3) is 11.8 Å². The number of carbonyl (C=O) groups excluding carboxylic acids is 1. The van der Waals surface area contributed by atoms with Crippen LogP contribution in [0.25, 0.3) is 11.0 Å². The number of halogens is 2. The van der Waals surface area contributed by atoms with Crippen LogP contribution in [0.1, 0.15) is 45.5 Å². The summed E-state index contributed by atoms with van der Waals surface area (Å²) in [6.45, 7) is 2.86. The van der Waals surface area contributed by atoms with E-state index in [0.717, 1.165) is 35.5 Å². The Bertz CT molecular complexity index is 1550. The van der Waals surface area contributed by atoms with Gasteiger partial charge in [0.1, 0.15) is 12.0 Å². The van der Waals surface area contributed by atoms with Crippen LogP contribution >= 0.6 is 0 Å². The van der Waals surface area contributed by atoms with Crippen molar-refractivity contribution in [3.8, 4) is 0 Å². The number of nitrogens with one attached hydrogen (secondary N) is 1. The van der Waals surface area contributed by atoms with Crippen LogP contribution in [0.3, 0.4) is 0 Å². The van der Waals surface area contributed by atoms with Gasteiger partial charge in [-0.3, -0.25) is 4.79 Å². The molecule has 2 unspecified atom stereocenters. The quantitative estimate of drug-likeness (QED) is 0.444. The van der Waals surface area contributed by atoms with Crippen LogP contribution in [-0.4, -0.2) is 59.0 Å². The number of piperidine rings is 1. The van der Waals surface area contributed by atoms with Gasteiger partial charge < -0.3 is 19.4 Å². The topological polar surface area (TPSA) is 107 Å². The first-order valence-electron chi connectivity index (χ1n) is 12.4. The van der Waals surface area contributed by atoms with Crippen molar-refractivity contribution in [3.63, 3.8) is 0 Å². The molecule has 7 rings (SSSR count). The van der Waals surface area contributed by atoms with Crippen LogP contribution in [0.2, 0.25) is 0 Å². The average Bonchev–Trinajstić information content (AvgIpc) is 3.49. The summed E-state index contributed by atoms with van der Waals surface area (Å²) < 4.78 is 31.0. The number of hydrogen-bond acceptors (Lipinski definition) is 7. The minimum atomic E-state index is -2.54. The second-order valence-electron chi connectivity index (χ2n) is 10.3. The summed E-state index contributed by atoms with van der Waals surface area (Å²) in [6, 6.07) is -0.133. The third-order valence-electron chi connectivity index (χ3n) is 8.07. The Balaban J connectivity index is 1.13. The first-order valence-corrected chi connectivity index (χ1v) is 12.4. The van der Waals surface area contributed by atoms with E-state index < -0.39 is 17.8 Å². The highest BCUT2D eigenvalue weighted by molar-refractivity contribution is 6.06. The molecule has 190 valence electrons. The summed E-state index contributed by atoms with van der Waals surface area (Å²) in [5.74, 6) is -3.42. The fourth-order valence-corrected chi connectivity index (χ4v) is 5.84. The largest absolute Gasteiger partial charge is 0.344 e. The smallest absolute Gasteiger partial charge is 0.258 e. The van der Waals surface area contributed by atoms with Crippen molar-refractivity contribution in [1.29, 1.82) is 0 Å². The standard InChI is InChI=1S/C25H25F2N9O/c1-13-14(5-29-24(32-13)36-9-17-18(10-36)25(17,26)27)7-35-8-16(15-6-28-11-30-22(15)35)23(37)33-19-3-4-20-21(19)31-12-34(20)2/h5-6,8,11-12,17-19H,3-4,7,9-10H2,1-2H3,(H,33,37)/t17?,18?,19-/m1/s1. The van der Waals surface area contributed by atoms with E-state index in [1.807, 2.05) is 28.0 Å². The molecule has 1 saturated carbocycles. The minimum Gasteiger partial charge on any atom is -0.344 e. The summed E-state index contributed by atoms with van der Waals surface area (Å²) >= 11 is 0. The van der Waals surface area contributed by atoms with Gasteiger partial charge in [0.05, 0.1) is 47.4 Å². The molecule has 5 heterocycles. The molecule has 2 fully saturated rings. The third-order valence-corrected chi connectivity index (χ3v) is 8.07. The maximum atomic E-state index is 13.6. The number of aryl methyl sites for hydroxylation is 2. The van der Waals surface area contributed by atoms with Crippen molar-refractivity contribution in [3.05, 3.63) is 59.5 Å². The van der Waals surface area contributed by atoms with Crippen molar-refractivity contribution in [2.45, 2.75) is 38.3 Å². The Kier molecular flexibility index (Phi) is 4.67. The Morgan fingerprint density at radius 1 is 1.19 bits per heavy atom. The maximum absolute atomic E-state index is 13.6. The second-order valence-corrected chi connectivity index (χ2v) is 10.3. The molecular weight excluding hydrogens is 480 g/mol. The number of nitrogens with zero attached hydrogens (tertiary/aromatic N) is 8. The van der Waals surface area contributed by atoms with Gasteiger partial charge >= 0.3 is 0 Å². The summed E-state index contributed by atoms with van der Waals surface area (Å²) in [5.41, 5.74) is 4.81. The van der Waals surface area contributed by atoms with Crippen LogP contribution in [0.4, 0.5) is 14.7 Å². The summed E-state index contributed by atoms with van der Waals surface area (Å²) in [4.78, 5) is 37.3. The van der Waals surface area contributed by atoms with E-state index in [2.05, 4.69) is 30.2 Å². The molecular formula is C25H25F2N9O. The van der Waals surface area contributed by atoms with E-state index in [1.54, 1.807) is 24.9 Å². The molecule has 2 aliphatic carbocycles. The van der Waals surface area contributed by atoms with Crippen molar-refractivity contribution in [2.75, 3.05) is 18.0 Å². The summed E-state index contributed by atoms with van der Waals surface area (Å²) in [6.07, 6.45) is 10.1. The fourth-order valence-electron chi connectivity index (χ4n) is 5.84. The zero-order valence-electron chi connectivity index (χ0n) is 20.4. The van der Waals surface area contributed by atoms with Gasteiger partial charge in [0, 0.05) is 55.7 Å². The molecule has 10 nitrogen and oxygen atoms in total. The highest BCUT2D eigenvalue weighted by Gasteiger charge is 2.72. The zero-order valence-corrected chi connectivity index (χ0v) is 20.4. The molecule has 0 aromatic carbocycles. The van der Waals surface area contributed by atoms with Crippen LogP contribution in [0.5, 0.6) is 0 Å². The number of fused-ring (bicyclic) bond motifs is 3. The van der Waals surface area contributed by atoms with Crippen molar-refractivity contribution in [1.82, 2.24) is 39.4 Å². The molecule has 1 aliphatic heterocycles. The summed E-state index contributed by atoms with van der Waals surface area (Å²) in [7, 11) is 1.96. The van der Waals surface area contributed by atoms with Gasteiger partial charge in [0.2, 0.25) is 5.95 Å². The lowest BCUT2D eigenvalue weighted by atomic mass is 10.2. The normalized spacial score (nSPS) is 23.4. The highest BCUT2D eigenvalue weighted by Crippen LogP contribution is 2.59. The molecule has 3 aliphatic rings. The number of anilines is 1. The van der Waals surface area contributed by atoms with E-state index >= 15 is 0 Å². The zero-order chi connectivity index (χ0) is 25.5. The lowest BCUT2D eigenvalue weighted by molar-refractivity contribution is 0.0795.